The molecule has 2 atom stereocenters. The lowest BCUT2D eigenvalue weighted by Gasteiger charge is -2.40. The molecule has 2 aliphatic rings. The second-order valence-corrected chi connectivity index (χ2v) is 8.23. The van der Waals surface area contributed by atoms with Crippen LogP contribution in [0.3, 0.4) is 0 Å². The van der Waals surface area contributed by atoms with Crippen LogP contribution in [-0.2, 0) is 9.84 Å². The van der Waals surface area contributed by atoms with E-state index in [1.54, 1.807) is 0 Å². The molecule has 0 spiro atoms. The highest BCUT2D eigenvalue weighted by molar-refractivity contribution is 7.99. The predicted octanol–water partition coefficient (Wildman–Crippen LogP) is -0.0603. The fraction of sp³-hybridized carbons (Fsp3) is 1.00. The summed E-state index contributed by atoms with van der Waals surface area (Å²) >= 11 is 1.92. The number of thioether (sulfide) groups is 1. The van der Waals surface area contributed by atoms with Gasteiger partial charge in [0, 0.05) is 23.9 Å². The normalized spacial score (nSPS) is 38.3. The molecule has 2 unspecified atom stereocenters. The Morgan fingerprint density at radius 1 is 1.56 bits per heavy atom. The van der Waals surface area contributed by atoms with E-state index in [2.05, 4.69) is 4.90 Å². The Kier molecular flexibility index (Phi) is 3.55. The van der Waals surface area contributed by atoms with E-state index in [0.29, 0.717) is 18.1 Å². The van der Waals surface area contributed by atoms with E-state index in [1.807, 2.05) is 18.8 Å². The van der Waals surface area contributed by atoms with Gasteiger partial charge in [0.05, 0.1) is 11.5 Å². The molecule has 4 nitrogen and oxygen atoms in total. The van der Waals surface area contributed by atoms with E-state index in [9.17, 15) is 8.42 Å². The van der Waals surface area contributed by atoms with Crippen LogP contribution in [0.2, 0.25) is 0 Å². The van der Waals surface area contributed by atoms with Gasteiger partial charge in [0.1, 0.15) is 0 Å². The third-order valence-corrected chi connectivity index (χ3v) is 6.95. The summed E-state index contributed by atoms with van der Waals surface area (Å²) in [5, 5.41) is 0. The van der Waals surface area contributed by atoms with Crippen LogP contribution < -0.4 is 5.73 Å². The van der Waals surface area contributed by atoms with Gasteiger partial charge in [-0.3, -0.25) is 4.90 Å². The van der Waals surface area contributed by atoms with E-state index in [0.717, 1.165) is 24.3 Å². The van der Waals surface area contributed by atoms with Gasteiger partial charge in [-0.05, 0) is 25.6 Å². The van der Waals surface area contributed by atoms with E-state index >= 15 is 0 Å². The SMILES string of the molecule is CN(C1CCS(=O)(=O)C1)C1(CN)CCSC1. The summed E-state index contributed by atoms with van der Waals surface area (Å²) in [6, 6.07) is 0.173. The molecule has 2 fully saturated rings. The summed E-state index contributed by atoms with van der Waals surface area (Å²) in [6.45, 7) is 0.632. The minimum atomic E-state index is -2.79. The topological polar surface area (TPSA) is 63.4 Å². The Hall–Kier alpha value is 0.220. The molecular formula is C10H20N2O2S2. The molecule has 2 saturated heterocycles. The first-order valence-electron chi connectivity index (χ1n) is 5.70. The van der Waals surface area contributed by atoms with E-state index < -0.39 is 9.84 Å². The second kappa shape index (κ2) is 4.48. The van der Waals surface area contributed by atoms with Gasteiger partial charge in [-0.2, -0.15) is 11.8 Å². The maximum Gasteiger partial charge on any atom is 0.151 e. The molecular weight excluding hydrogens is 244 g/mol. The smallest absolute Gasteiger partial charge is 0.151 e. The van der Waals surface area contributed by atoms with Gasteiger partial charge in [0.2, 0.25) is 0 Å². The number of hydrogen-bond donors (Lipinski definition) is 1. The number of rotatable bonds is 3. The third-order valence-electron chi connectivity index (χ3n) is 3.97. The molecule has 6 heteroatoms. The molecule has 0 aromatic rings. The van der Waals surface area contributed by atoms with Crippen molar-refractivity contribution in [3.05, 3.63) is 0 Å². The van der Waals surface area contributed by atoms with Crippen LogP contribution in [0, 0.1) is 0 Å². The monoisotopic (exact) mass is 264 g/mol. The van der Waals surface area contributed by atoms with Crippen LogP contribution >= 0.6 is 11.8 Å². The number of sulfone groups is 1. The first-order chi connectivity index (χ1) is 7.49. The lowest BCUT2D eigenvalue weighted by Crippen LogP contribution is -2.56. The van der Waals surface area contributed by atoms with Crippen molar-refractivity contribution in [2.24, 2.45) is 5.73 Å². The van der Waals surface area contributed by atoms with Crippen molar-refractivity contribution < 1.29 is 8.42 Å². The first-order valence-corrected chi connectivity index (χ1v) is 8.68. The highest BCUT2D eigenvalue weighted by Gasteiger charge is 2.43. The van der Waals surface area contributed by atoms with Crippen molar-refractivity contribution in [1.82, 2.24) is 4.90 Å². The Bertz CT molecular complexity index is 350. The molecule has 0 aromatic carbocycles. The standard InChI is InChI=1S/C10H20N2O2S2/c1-12(9-2-5-16(13,14)6-9)10(7-11)3-4-15-8-10/h9H,2-8,11H2,1H3. The van der Waals surface area contributed by atoms with Crippen LogP contribution in [0.1, 0.15) is 12.8 Å². The van der Waals surface area contributed by atoms with Gasteiger partial charge >= 0.3 is 0 Å². The summed E-state index contributed by atoms with van der Waals surface area (Å²) in [5.41, 5.74) is 5.94. The highest BCUT2D eigenvalue weighted by atomic mass is 32.2. The quantitative estimate of drug-likeness (QED) is 0.774. The molecule has 2 rings (SSSR count). The van der Waals surface area contributed by atoms with Crippen LogP contribution in [0.4, 0.5) is 0 Å². The molecule has 0 saturated carbocycles. The summed E-state index contributed by atoms with van der Waals surface area (Å²) in [7, 11) is -0.748. The summed E-state index contributed by atoms with van der Waals surface area (Å²) in [6.07, 6.45) is 1.85. The lowest BCUT2D eigenvalue weighted by molar-refractivity contribution is 0.110. The van der Waals surface area contributed by atoms with E-state index in [1.165, 1.54) is 0 Å². The van der Waals surface area contributed by atoms with Crippen molar-refractivity contribution in [1.29, 1.82) is 0 Å². The largest absolute Gasteiger partial charge is 0.329 e. The molecule has 2 aliphatic heterocycles. The van der Waals surface area contributed by atoms with Crippen LogP contribution in [-0.4, -0.2) is 61.5 Å². The molecule has 2 heterocycles. The van der Waals surface area contributed by atoms with Crippen molar-refractivity contribution in [3.8, 4) is 0 Å². The Morgan fingerprint density at radius 2 is 2.31 bits per heavy atom. The Balaban J connectivity index is 2.09. The maximum absolute atomic E-state index is 11.5. The van der Waals surface area contributed by atoms with Gasteiger partial charge < -0.3 is 5.73 Å². The maximum atomic E-state index is 11.5. The van der Waals surface area contributed by atoms with Gasteiger partial charge in [0.15, 0.2) is 9.84 Å². The van der Waals surface area contributed by atoms with Crippen LogP contribution in [0.15, 0.2) is 0 Å². The van der Waals surface area contributed by atoms with E-state index in [4.69, 9.17) is 5.73 Å². The first kappa shape index (κ1) is 12.7. The van der Waals surface area contributed by atoms with Crippen LogP contribution in [0.25, 0.3) is 0 Å². The van der Waals surface area contributed by atoms with Gasteiger partial charge in [-0.1, -0.05) is 0 Å². The zero-order valence-corrected chi connectivity index (χ0v) is 11.3. The lowest BCUT2D eigenvalue weighted by atomic mass is 9.95. The number of hydrogen-bond acceptors (Lipinski definition) is 5. The fourth-order valence-corrected chi connectivity index (χ4v) is 5.94. The summed E-state index contributed by atoms with van der Waals surface area (Å²) < 4.78 is 23.0. The van der Waals surface area contributed by atoms with Gasteiger partial charge in [-0.15, -0.1) is 0 Å². The van der Waals surface area contributed by atoms with Gasteiger partial charge in [-0.25, -0.2) is 8.42 Å². The van der Waals surface area contributed by atoms with Crippen molar-refractivity contribution in [2.75, 3.05) is 36.6 Å². The molecule has 2 N–H and O–H groups in total. The molecule has 0 aliphatic carbocycles. The minimum absolute atomic E-state index is 0.0369. The summed E-state index contributed by atoms with van der Waals surface area (Å²) in [5.74, 6) is 2.84. The zero-order valence-electron chi connectivity index (χ0n) is 9.68. The molecule has 0 amide bonds. The minimum Gasteiger partial charge on any atom is -0.329 e. The molecule has 0 aromatic heterocycles. The fourth-order valence-electron chi connectivity index (χ4n) is 2.65. The molecule has 94 valence electrons. The highest BCUT2D eigenvalue weighted by Crippen LogP contribution is 2.35. The second-order valence-electron chi connectivity index (χ2n) is 4.90. The van der Waals surface area contributed by atoms with E-state index in [-0.39, 0.29) is 11.6 Å². The summed E-state index contributed by atoms with van der Waals surface area (Å²) in [4.78, 5) is 2.25. The number of nitrogens with two attached hydrogens (primary N) is 1. The Morgan fingerprint density at radius 3 is 2.75 bits per heavy atom. The average molecular weight is 264 g/mol. The predicted molar refractivity (Wildman–Crippen MR) is 68.5 cm³/mol. The zero-order chi connectivity index (χ0) is 11.8. The number of likely N-dealkylation sites (N-methyl/N-ethyl adjacent to an activating group) is 1. The van der Waals surface area contributed by atoms with Crippen molar-refractivity contribution in [2.45, 2.75) is 24.4 Å². The molecule has 16 heavy (non-hydrogen) atoms. The van der Waals surface area contributed by atoms with Crippen molar-refractivity contribution >= 4 is 21.6 Å². The molecule has 0 radical (unpaired) electrons. The van der Waals surface area contributed by atoms with Crippen LogP contribution in [0.5, 0.6) is 0 Å². The van der Waals surface area contributed by atoms with Gasteiger partial charge in [0.25, 0.3) is 0 Å². The van der Waals surface area contributed by atoms with Crippen molar-refractivity contribution in [3.63, 3.8) is 0 Å². The Labute approximate surface area is 102 Å². The third kappa shape index (κ3) is 2.25. The average Bonchev–Trinajstić information content (AvgIpc) is 2.84. The number of nitrogens with zero attached hydrogens (tertiary/aromatic N) is 1. The molecule has 0 bridgehead atoms.